The first kappa shape index (κ1) is 7.27. The second-order valence-corrected chi connectivity index (χ2v) is 2.28. The quantitative estimate of drug-likeness (QED) is 0.707. The van der Waals surface area contributed by atoms with E-state index < -0.39 is 5.97 Å². The molecule has 0 fully saturated rings. The van der Waals surface area contributed by atoms with Gasteiger partial charge in [-0.3, -0.25) is 5.10 Å². The monoisotopic (exact) mass is 204 g/mol. The van der Waals surface area contributed by atoms with E-state index in [1.54, 1.807) is 0 Å². The summed E-state index contributed by atoms with van der Waals surface area (Å²) in [6.07, 6.45) is 0. The van der Waals surface area contributed by atoms with Crippen molar-refractivity contribution in [1.82, 2.24) is 10.2 Å². The number of nitrogens with zero attached hydrogens (tertiary/aromatic N) is 1. The van der Waals surface area contributed by atoms with Crippen LogP contribution < -0.4 is 0 Å². The summed E-state index contributed by atoms with van der Waals surface area (Å²) in [4.78, 5) is 10.2. The van der Waals surface area contributed by atoms with Gasteiger partial charge in [0.2, 0.25) is 0 Å². The second-order valence-electron chi connectivity index (χ2n) is 1.72. The molecule has 1 rings (SSSR count). The van der Waals surface area contributed by atoms with E-state index in [4.69, 9.17) is 5.11 Å². The highest BCUT2D eigenvalue weighted by atomic mass is 79.9. The van der Waals surface area contributed by atoms with E-state index in [1.807, 2.05) is 0 Å². The highest BCUT2D eigenvalue weighted by Gasteiger charge is 2.05. The molecule has 2 N–H and O–H groups in total. The Morgan fingerprint density at radius 2 is 2.60 bits per heavy atom. The predicted molar refractivity (Wildman–Crippen MR) is 38.2 cm³/mol. The Morgan fingerprint density at radius 1 is 1.90 bits per heavy atom. The molecule has 10 heavy (non-hydrogen) atoms. The number of aromatic nitrogens is 2. The first-order chi connectivity index (χ1) is 4.74. The number of H-pyrrole nitrogens is 1. The normalized spacial score (nSPS) is 9.70. The van der Waals surface area contributed by atoms with E-state index >= 15 is 0 Å². The third kappa shape index (κ3) is 1.36. The maximum Gasteiger partial charge on any atom is 0.356 e. The van der Waals surface area contributed by atoms with Gasteiger partial charge in [-0.25, -0.2) is 4.79 Å². The molecule has 0 aliphatic carbocycles. The van der Waals surface area contributed by atoms with Crippen molar-refractivity contribution in [3.05, 3.63) is 17.5 Å². The molecule has 1 aromatic heterocycles. The summed E-state index contributed by atoms with van der Waals surface area (Å²) in [5.74, 6) is -1.01. The van der Waals surface area contributed by atoms with Gasteiger partial charge in [0, 0.05) is 11.0 Å². The van der Waals surface area contributed by atoms with Crippen LogP contribution in [-0.2, 0) is 5.33 Å². The molecule has 0 bridgehead atoms. The molecule has 54 valence electrons. The molecule has 4 nitrogen and oxygen atoms in total. The molecule has 0 saturated carbocycles. The third-order valence-electron chi connectivity index (χ3n) is 0.994. The average Bonchev–Trinajstić information content (AvgIpc) is 2.34. The Bertz CT molecular complexity index is 246. The van der Waals surface area contributed by atoms with Crippen molar-refractivity contribution < 1.29 is 9.90 Å². The second kappa shape index (κ2) is 2.83. The first-order valence-electron chi connectivity index (χ1n) is 2.57. The summed E-state index contributed by atoms with van der Waals surface area (Å²) in [5, 5.41) is 15.1. The number of aromatic amines is 1. The lowest BCUT2D eigenvalue weighted by atomic mass is 10.4. The lowest BCUT2D eigenvalue weighted by Crippen LogP contribution is -1.95. The zero-order valence-corrected chi connectivity index (χ0v) is 6.55. The molecule has 0 amide bonds. The first-order valence-corrected chi connectivity index (χ1v) is 3.69. The number of carboxylic acid groups (broad SMARTS) is 1. The summed E-state index contributed by atoms with van der Waals surface area (Å²) in [6.45, 7) is 0. The van der Waals surface area contributed by atoms with Gasteiger partial charge in [-0.15, -0.1) is 0 Å². The fourth-order valence-corrected chi connectivity index (χ4v) is 0.827. The van der Waals surface area contributed by atoms with Crippen LogP contribution in [0.5, 0.6) is 0 Å². The van der Waals surface area contributed by atoms with Crippen molar-refractivity contribution in [3.63, 3.8) is 0 Å². The number of halogens is 1. The molecule has 1 aromatic rings. The van der Waals surface area contributed by atoms with Crippen LogP contribution in [0.1, 0.15) is 16.2 Å². The molecule has 0 aliphatic heterocycles. The minimum Gasteiger partial charge on any atom is -0.476 e. The van der Waals surface area contributed by atoms with Crippen molar-refractivity contribution in [3.8, 4) is 0 Å². The summed E-state index contributed by atoms with van der Waals surface area (Å²) < 4.78 is 0. The summed E-state index contributed by atoms with van der Waals surface area (Å²) >= 11 is 3.16. The summed E-state index contributed by atoms with van der Waals surface area (Å²) in [6, 6.07) is 1.48. The number of carboxylic acids is 1. The Labute approximate surface area is 65.4 Å². The van der Waals surface area contributed by atoms with Gasteiger partial charge >= 0.3 is 5.97 Å². The van der Waals surface area contributed by atoms with E-state index in [9.17, 15) is 4.79 Å². The van der Waals surface area contributed by atoms with Crippen LogP contribution in [0.15, 0.2) is 6.07 Å². The van der Waals surface area contributed by atoms with E-state index in [1.165, 1.54) is 6.07 Å². The highest BCUT2D eigenvalue weighted by Crippen LogP contribution is 2.03. The smallest absolute Gasteiger partial charge is 0.356 e. The van der Waals surface area contributed by atoms with Gasteiger partial charge in [0.1, 0.15) is 0 Å². The molecule has 0 aliphatic rings. The van der Waals surface area contributed by atoms with Crippen LogP contribution in [0, 0.1) is 0 Å². The Balaban J connectivity index is 2.88. The minimum atomic E-state index is -1.01. The molecule has 5 heteroatoms. The number of aromatic carboxylic acids is 1. The van der Waals surface area contributed by atoms with Crippen LogP contribution in [0.3, 0.4) is 0 Å². The largest absolute Gasteiger partial charge is 0.476 e. The lowest BCUT2D eigenvalue weighted by Gasteiger charge is -1.79. The molecule has 0 spiro atoms. The van der Waals surface area contributed by atoms with Crippen molar-refractivity contribution >= 4 is 21.9 Å². The van der Waals surface area contributed by atoms with Crippen LogP contribution in [0.25, 0.3) is 0 Å². The predicted octanol–water partition coefficient (Wildman–Crippen LogP) is 1.00. The zero-order chi connectivity index (χ0) is 7.56. The number of carbonyl (C=O) groups is 1. The van der Waals surface area contributed by atoms with E-state index in [0.29, 0.717) is 5.33 Å². The van der Waals surface area contributed by atoms with Crippen LogP contribution in [-0.4, -0.2) is 21.3 Å². The molecule has 0 aromatic carbocycles. The molecule has 0 saturated heterocycles. The molecule has 0 radical (unpaired) electrons. The Hall–Kier alpha value is -0.840. The van der Waals surface area contributed by atoms with Crippen LogP contribution in [0.2, 0.25) is 0 Å². The fourth-order valence-electron chi connectivity index (χ4n) is 0.540. The van der Waals surface area contributed by atoms with Gasteiger partial charge in [-0.1, -0.05) is 15.9 Å². The summed E-state index contributed by atoms with van der Waals surface area (Å²) in [5.41, 5.74) is 0.812. The van der Waals surface area contributed by atoms with E-state index in [0.717, 1.165) is 5.69 Å². The Kier molecular flexibility index (Phi) is 2.06. The maximum absolute atomic E-state index is 10.2. The SMILES string of the molecule is O=C(O)c1cc(CBr)[nH]n1. The average molecular weight is 205 g/mol. The Morgan fingerprint density at radius 3 is 2.90 bits per heavy atom. The maximum atomic E-state index is 10.2. The number of hydrogen-bond donors (Lipinski definition) is 2. The van der Waals surface area contributed by atoms with Crippen molar-refractivity contribution in [2.75, 3.05) is 0 Å². The van der Waals surface area contributed by atoms with Crippen molar-refractivity contribution in [2.45, 2.75) is 5.33 Å². The van der Waals surface area contributed by atoms with Crippen LogP contribution in [0.4, 0.5) is 0 Å². The van der Waals surface area contributed by atoms with Gasteiger partial charge in [-0.05, 0) is 6.07 Å². The van der Waals surface area contributed by atoms with Gasteiger partial charge < -0.3 is 5.11 Å². The standard InChI is InChI=1S/C5H5BrN2O2/c6-2-3-1-4(5(9)10)8-7-3/h1H,2H2,(H,7,8)(H,9,10). The minimum absolute atomic E-state index is 0.0504. The van der Waals surface area contributed by atoms with Crippen molar-refractivity contribution in [2.24, 2.45) is 0 Å². The molecule has 1 heterocycles. The van der Waals surface area contributed by atoms with Gasteiger partial charge in [-0.2, -0.15) is 5.10 Å². The number of rotatable bonds is 2. The van der Waals surface area contributed by atoms with E-state index in [2.05, 4.69) is 26.1 Å². The molecular formula is C5H5BrN2O2. The highest BCUT2D eigenvalue weighted by molar-refractivity contribution is 9.08. The molecular weight excluding hydrogens is 200 g/mol. The van der Waals surface area contributed by atoms with Crippen molar-refractivity contribution in [1.29, 1.82) is 0 Å². The summed E-state index contributed by atoms with van der Waals surface area (Å²) in [7, 11) is 0. The zero-order valence-electron chi connectivity index (χ0n) is 4.97. The number of nitrogens with one attached hydrogen (secondary N) is 1. The van der Waals surface area contributed by atoms with E-state index in [-0.39, 0.29) is 5.69 Å². The number of hydrogen-bond acceptors (Lipinski definition) is 2. The topological polar surface area (TPSA) is 66.0 Å². The van der Waals surface area contributed by atoms with Gasteiger partial charge in [0.25, 0.3) is 0 Å². The fraction of sp³-hybridized carbons (Fsp3) is 0.200. The van der Waals surface area contributed by atoms with Crippen LogP contribution >= 0.6 is 15.9 Å². The molecule has 0 atom stereocenters. The third-order valence-corrected chi connectivity index (χ3v) is 1.60. The molecule has 0 unspecified atom stereocenters. The lowest BCUT2D eigenvalue weighted by molar-refractivity contribution is 0.0690. The number of alkyl halides is 1. The van der Waals surface area contributed by atoms with Gasteiger partial charge in [0.05, 0.1) is 0 Å². The van der Waals surface area contributed by atoms with Gasteiger partial charge in [0.15, 0.2) is 5.69 Å².